The summed E-state index contributed by atoms with van der Waals surface area (Å²) in [4.78, 5) is 4.55. The molecular formula is C14H25N3O2S. The first-order valence-electron chi connectivity index (χ1n) is 7.46. The Morgan fingerprint density at radius 2 is 2.30 bits per heavy atom. The summed E-state index contributed by atoms with van der Waals surface area (Å²) < 4.78 is 11.0. The van der Waals surface area contributed by atoms with Crippen LogP contribution in [0.15, 0.2) is 4.52 Å². The molecule has 20 heavy (non-hydrogen) atoms. The summed E-state index contributed by atoms with van der Waals surface area (Å²) in [6.45, 7) is 9.01. The number of nitrogens with zero attached hydrogens (tertiary/aromatic N) is 2. The summed E-state index contributed by atoms with van der Waals surface area (Å²) >= 11 is 1.83. The quantitative estimate of drug-likeness (QED) is 0.835. The zero-order chi connectivity index (χ0) is 14.4. The number of aromatic nitrogens is 2. The van der Waals surface area contributed by atoms with Crippen molar-refractivity contribution in [2.24, 2.45) is 0 Å². The Kier molecular flexibility index (Phi) is 6.32. The highest BCUT2D eigenvalue weighted by Crippen LogP contribution is 2.25. The maximum absolute atomic E-state index is 5.58. The summed E-state index contributed by atoms with van der Waals surface area (Å²) in [5.41, 5.74) is 0. The minimum Gasteiger partial charge on any atom is -0.381 e. The van der Waals surface area contributed by atoms with Gasteiger partial charge in [0, 0.05) is 12.6 Å². The van der Waals surface area contributed by atoms with Crippen LogP contribution in [0.5, 0.6) is 0 Å². The average Bonchev–Trinajstić information content (AvgIpc) is 2.92. The van der Waals surface area contributed by atoms with Crippen molar-refractivity contribution in [1.29, 1.82) is 0 Å². The molecule has 1 aromatic heterocycles. The molecule has 2 rings (SSSR count). The van der Waals surface area contributed by atoms with Gasteiger partial charge in [-0.2, -0.15) is 16.7 Å². The predicted molar refractivity (Wildman–Crippen MR) is 81.0 cm³/mol. The Bertz CT molecular complexity index is 398. The molecule has 1 N–H and O–H groups in total. The van der Waals surface area contributed by atoms with Crippen molar-refractivity contribution >= 4 is 11.8 Å². The molecule has 6 heteroatoms. The second kappa shape index (κ2) is 8.00. The van der Waals surface area contributed by atoms with E-state index in [2.05, 4.69) is 36.2 Å². The summed E-state index contributed by atoms with van der Waals surface area (Å²) in [6, 6.07) is 0.384. The minimum absolute atomic E-state index is 0.181. The number of thioether (sulfide) groups is 1. The molecule has 1 saturated heterocycles. The fraction of sp³-hybridized carbons (Fsp3) is 0.857. The predicted octanol–water partition coefficient (Wildman–Crippen LogP) is 2.58. The van der Waals surface area contributed by atoms with Gasteiger partial charge in [-0.15, -0.1) is 0 Å². The van der Waals surface area contributed by atoms with Crippen LogP contribution in [0, 0.1) is 0 Å². The van der Waals surface area contributed by atoms with Gasteiger partial charge in [0.1, 0.15) is 0 Å². The molecule has 2 unspecified atom stereocenters. The van der Waals surface area contributed by atoms with Crippen LogP contribution in [0.4, 0.5) is 0 Å². The van der Waals surface area contributed by atoms with Gasteiger partial charge in [0.15, 0.2) is 5.82 Å². The topological polar surface area (TPSA) is 60.2 Å². The fourth-order valence-corrected chi connectivity index (χ4v) is 2.87. The van der Waals surface area contributed by atoms with Crippen LogP contribution in [0.25, 0.3) is 0 Å². The van der Waals surface area contributed by atoms with Crippen molar-refractivity contribution in [2.75, 3.05) is 19.8 Å². The monoisotopic (exact) mass is 299 g/mol. The van der Waals surface area contributed by atoms with E-state index in [1.165, 1.54) is 0 Å². The molecule has 0 aromatic carbocycles. The van der Waals surface area contributed by atoms with E-state index in [1.807, 2.05) is 11.8 Å². The van der Waals surface area contributed by atoms with Crippen LogP contribution in [-0.2, 0) is 10.5 Å². The summed E-state index contributed by atoms with van der Waals surface area (Å²) in [6.07, 6.45) is 2.13. The third-order valence-electron chi connectivity index (χ3n) is 3.36. The van der Waals surface area contributed by atoms with Crippen LogP contribution in [0.2, 0.25) is 0 Å². The van der Waals surface area contributed by atoms with E-state index in [1.54, 1.807) is 0 Å². The Morgan fingerprint density at radius 3 is 3.05 bits per heavy atom. The molecule has 0 saturated carbocycles. The van der Waals surface area contributed by atoms with Crippen molar-refractivity contribution in [3.63, 3.8) is 0 Å². The van der Waals surface area contributed by atoms with E-state index in [4.69, 9.17) is 9.26 Å². The van der Waals surface area contributed by atoms with Crippen molar-refractivity contribution in [2.45, 2.75) is 56.6 Å². The molecule has 0 spiro atoms. The Hall–Kier alpha value is -0.590. The highest BCUT2D eigenvalue weighted by molar-refractivity contribution is 7.99. The molecule has 2 heterocycles. The number of nitrogens with one attached hydrogen (secondary N) is 1. The van der Waals surface area contributed by atoms with Crippen molar-refractivity contribution in [1.82, 2.24) is 15.5 Å². The maximum atomic E-state index is 5.58. The maximum Gasteiger partial charge on any atom is 0.233 e. The van der Waals surface area contributed by atoms with Crippen LogP contribution in [0.3, 0.4) is 0 Å². The summed E-state index contributed by atoms with van der Waals surface area (Å²) in [5, 5.41) is 8.23. The van der Waals surface area contributed by atoms with E-state index in [0.717, 1.165) is 43.5 Å². The highest BCUT2D eigenvalue weighted by Gasteiger charge is 2.31. The van der Waals surface area contributed by atoms with Crippen molar-refractivity contribution in [3.05, 3.63) is 11.7 Å². The normalized spacial score (nSPS) is 23.4. The third-order valence-corrected chi connectivity index (χ3v) is 4.45. The lowest BCUT2D eigenvalue weighted by Gasteiger charge is -2.29. The first kappa shape index (κ1) is 15.8. The van der Waals surface area contributed by atoms with E-state index in [-0.39, 0.29) is 5.92 Å². The Balaban J connectivity index is 1.96. The Morgan fingerprint density at radius 1 is 1.45 bits per heavy atom. The fourth-order valence-electron chi connectivity index (χ4n) is 2.27. The van der Waals surface area contributed by atoms with Crippen molar-refractivity contribution < 1.29 is 9.26 Å². The molecule has 1 aromatic rings. The molecule has 1 aliphatic rings. The first-order valence-corrected chi connectivity index (χ1v) is 8.50. The van der Waals surface area contributed by atoms with E-state index >= 15 is 0 Å². The van der Waals surface area contributed by atoms with Crippen LogP contribution in [0.1, 0.15) is 51.2 Å². The van der Waals surface area contributed by atoms with Gasteiger partial charge in [0.05, 0.1) is 18.3 Å². The molecule has 1 aliphatic heterocycles. The molecule has 0 bridgehead atoms. The molecule has 114 valence electrons. The van der Waals surface area contributed by atoms with Crippen LogP contribution >= 0.6 is 11.8 Å². The zero-order valence-corrected chi connectivity index (χ0v) is 13.4. The Labute approximate surface area is 125 Å². The lowest BCUT2D eigenvalue weighted by Crippen LogP contribution is -2.41. The average molecular weight is 299 g/mol. The van der Waals surface area contributed by atoms with Gasteiger partial charge in [0.2, 0.25) is 5.89 Å². The molecule has 0 aliphatic carbocycles. The standard InChI is InChI=1S/C14H25N3O2S/c1-4-6-15-12-5-7-18-8-11(12)14-16-13(17-19-14)9-20-10(2)3/h10-12,15H,4-9H2,1-3H3. The van der Waals surface area contributed by atoms with Gasteiger partial charge in [-0.1, -0.05) is 25.9 Å². The van der Waals surface area contributed by atoms with Gasteiger partial charge < -0.3 is 14.6 Å². The third kappa shape index (κ3) is 4.46. The largest absolute Gasteiger partial charge is 0.381 e. The molecular weight excluding hydrogens is 274 g/mol. The van der Waals surface area contributed by atoms with Crippen molar-refractivity contribution in [3.8, 4) is 0 Å². The van der Waals surface area contributed by atoms with E-state index < -0.39 is 0 Å². The first-order chi connectivity index (χ1) is 9.70. The lowest BCUT2D eigenvalue weighted by atomic mass is 9.95. The number of hydrogen-bond donors (Lipinski definition) is 1. The summed E-state index contributed by atoms with van der Waals surface area (Å²) in [7, 11) is 0. The smallest absolute Gasteiger partial charge is 0.233 e. The lowest BCUT2D eigenvalue weighted by molar-refractivity contribution is 0.0498. The second-order valence-corrected chi connectivity index (χ2v) is 7.00. The number of ether oxygens (including phenoxy) is 1. The number of hydrogen-bond acceptors (Lipinski definition) is 6. The van der Waals surface area contributed by atoms with E-state index in [9.17, 15) is 0 Å². The molecule has 1 fully saturated rings. The minimum atomic E-state index is 0.181. The van der Waals surface area contributed by atoms with E-state index in [0.29, 0.717) is 17.9 Å². The van der Waals surface area contributed by atoms with Gasteiger partial charge >= 0.3 is 0 Å². The SMILES string of the molecule is CCCNC1CCOCC1c1nc(CSC(C)C)no1. The van der Waals surface area contributed by atoms with Crippen LogP contribution in [-0.4, -0.2) is 41.2 Å². The number of rotatable bonds is 7. The zero-order valence-electron chi connectivity index (χ0n) is 12.6. The van der Waals surface area contributed by atoms with Gasteiger partial charge in [-0.05, 0) is 24.6 Å². The highest BCUT2D eigenvalue weighted by atomic mass is 32.2. The molecule has 2 atom stereocenters. The van der Waals surface area contributed by atoms with Gasteiger partial charge in [-0.25, -0.2) is 0 Å². The molecule has 0 amide bonds. The molecule has 0 radical (unpaired) electrons. The van der Waals surface area contributed by atoms with Gasteiger partial charge in [0.25, 0.3) is 0 Å². The van der Waals surface area contributed by atoms with Gasteiger partial charge in [-0.3, -0.25) is 0 Å². The van der Waals surface area contributed by atoms with Crippen LogP contribution < -0.4 is 5.32 Å². The second-order valence-electron chi connectivity index (χ2n) is 5.44. The molecule has 5 nitrogen and oxygen atoms in total. The summed E-state index contributed by atoms with van der Waals surface area (Å²) in [5.74, 6) is 2.50.